The normalized spacial score (nSPS) is 11.1. The highest BCUT2D eigenvalue weighted by Gasteiger charge is 2.20. The number of hydrogen-bond acceptors (Lipinski definition) is 4. The molecule has 0 radical (unpaired) electrons. The molecule has 0 unspecified atom stereocenters. The third kappa shape index (κ3) is 9.14. The number of aromatic nitrogens is 1. The van der Waals surface area contributed by atoms with E-state index in [1.165, 1.54) is 25.7 Å². The lowest BCUT2D eigenvalue weighted by molar-refractivity contribution is 0.102. The molecule has 1 heterocycles. The summed E-state index contributed by atoms with van der Waals surface area (Å²) in [5.41, 5.74) is 1.82. The van der Waals surface area contributed by atoms with Gasteiger partial charge in [0, 0.05) is 23.2 Å². The van der Waals surface area contributed by atoms with E-state index in [9.17, 15) is 9.59 Å². The zero-order chi connectivity index (χ0) is 28.6. The Morgan fingerprint density at radius 1 is 0.725 bits per heavy atom. The van der Waals surface area contributed by atoms with E-state index in [0.29, 0.717) is 42.5 Å². The number of carbonyl (C=O) groups excluding carboxylic acids is 1. The molecule has 0 aliphatic carbocycles. The molecular weight excluding hydrogens is 500 g/mol. The highest BCUT2D eigenvalue weighted by atomic mass is 16.5. The summed E-state index contributed by atoms with van der Waals surface area (Å²) in [7, 11) is 0. The van der Waals surface area contributed by atoms with Gasteiger partial charge < -0.3 is 19.4 Å². The van der Waals surface area contributed by atoms with E-state index in [4.69, 9.17) is 9.47 Å². The van der Waals surface area contributed by atoms with Gasteiger partial charge in [0.15, 0.2) is 5.75 Å². The van der Waals surface area contributed by atoms with Crippen molar-refractivity contribution in [3.63, 3.8) is 0 Å². The average molecular weight is 549 g/mol. The monoisotopic (exact) mass is 548 g/mol. The van der Waals surface area contributed by atoms with E-state index in [-0.39, 0.29) is 11.5 Å². The first-order chi connectivity index (χ1) is 19.6. The van der Waals surface area contributed by atoms with Gasteiger partial charge in [-0.05, 0) is 49.6 Å². The molecule has 0 fully saturated rings. The molecule has 0 atom stereocenters. The third-order valence-corrected chi connectivity index (χ3v) is 7.20. The number of hydrogen-bond donors (Lipinski definition) is 1. The lowest BCUT2D eigenvalue weighted by Gasteiger charge is -2.19. The number of anilines is 1. The molecule has 0 aliphatic rings. The number of nitrogens with zero attached hydrogens (tertiary/aromatic N) is 1. The van der Waals surface area contributed by atoms with Crippen LogP contribution in [0, 0.1) is 0 Å². The molecule has 6 nitrogen and oxygen atoms in total. The molecule has 6 heteroatoms. The van der Waals surface area contributed by atoms with Crippen LogP contribution in [0.4, 0.5) is 5.69 Å². The number of nitrogens with one attached hydrogen (secondary N) is 1. The Morgan fingerprint density at radius 2 is 1.35 bits per heavy atom. The van der Waals surface area contributed by atoms with Crippen molar-refractivity contribution in [1.82, 2.24) is 4.57 Å². The fourth-order valence-electron chi connectivity index (χ4n) is 4.83. The van der Waals surface area contributed by atoms with Crippen molar-refractivity contribution in [2.45, 2.75) is 104 Å². The quantitative estimate of drug-likeness (QED) is 0.152. The van der Waals surface area contributed by atoms with Crippen molar-refractivity contribution in [3.8, 4) is 11.5 Å². The number of unbranched alkanes of at least 4 members (excludes halogenated alkanes) is 9. The maximum atomic E-state index is 13.9. The molecule has 218 valence electrons. The average Bonchev–Trinajstić information content (AvgIpc) is 2.97. The van der Waals surface area contributed by atoms with Crippen molar-refractivity contribution in [2.24, 2.45) is 0 Å². The van der Waals surface area contributed by atoms with Gasteiger partial charge in [-0.2, -0.15) is 0 Å². The van der Waals surface area contributed by atoms with Gasteiger partial charge >= 0.3 is 0 Å². The van der Waals surface area contributed by atoms with Crippen molar-refractivity contribution in [1.29, 1.82) is 0 Å². The lowest BCUT2D eigenvalue weighted by Crippen LogP contribution is -2.24. The molecule has 0 saturated heterocycles. The highest BCUT2D eigenvalue weighted by Crippen LogP contribution is 2.35. The second-order valence-electron chi connectivity index (χ2n) is 10.5. The SMILES string of the molecule is CCCCCCCCOc1c(OCCCC)c2ccc(NC(=O)c3ccccc3)cc2n(CCCCCC)c1=O. The van der Waals surface area contributed by atoms with E-state index in [1.807, 2.05) is 41.0 Å². The van der Waals surface area contributed by atoms with Crippen LogP contribution in [-0.2, 0) is 6.54 Å². The topological polar surface area (TPSA) is 69.6 Å². The van der Waals surface area contributed by atoms with Crippen LogP contribution in [0.25, 0.3) is 10.9 Å². The van der Waals surface area contributed by atoms with Crippen LogP contribution in [0.5, 0.6) is 11.5 Å². The fraction of sp³-hybridized carbons (Fsp3) is 0.529. The maximum absolute atomic E-state index is 13.9. The molecule has 40 heavy (non-hydrogen) atoms. The molecule has 3 rings (SSSR count). The predicted octanol–water partition coefficient (Wildman–Crippen LogP) is 8.75. The van der Waals surface area contributed by atoms with Gasteiger partial charge in [0.05, 0.1) is 18.7 Å². The van der Waals surface area contributed by atoms with Crippen LogP contribution in [0.2, 0.25) is 0 Å². The van der Waals surface area contributed by atoms with Gasteiger partial charge in [-0.3, -0.25) is 9.59 Å². The number of benzene rings is 2. The minimum atomic E-state index is -0.185. The molecule has 0 saturated carbocycles. The molecule has 3 aromatic rings. The summed E-state index contributed by atoms with van der Waals surface area (Å²) in [4.78, 5) is 26.8. The summed E-state index contributed by atoms with van der Waals surface area (Å²) in [5, 5.41) is 3.83. The largest absolute Gasteiger partial charge is 0.489 e. The summed E-state index contributed by atoms with van der Waals surface area (Å²) < 4.78 is 14.3. The molecule has 0 spiro atoms. The number of fused-ring (bicyclic) bond motifs is 1. The fourth-order valence-corrected chi connectivity index (χ4v) is 4.83. The van der Waals surface area contributed by atoms with Crippen LogP contribution >= 0.6 is 0 Å². The summed E-state index contributed by atoms with van der Waals surface area (Å²) in [5.74, 6) is 0.647. The van der Waals surface area contributed by atoms with Gasteiger partial charge in [0.25, 0.3) is 11.5 Å². The third-order valence-electron chi connectivity index (χ3n) is 7.20. The number of carbonyl (C=O) groups is 1. The van der Waals surface area contributed by atoms with Crippen LogP contribution in [0.3, 0.4) is 0 Å². The second-order valence-corrected chi connectivity index (χ2v) is 10.5. The standard InChI is InChI=1S/C34H48N2O4/c1-4-7-10-12-13-18-25-40-32-31(39-24-9-6-3)29-22-21-28(35-33(37)27-19-15-14-16-20-27)26-30(29)36(34(32)38)23-17-11-8-5-2/h14-16,19-22,26H,4-13,17-18,23-25H2,1-3H3,(H,35,37). The number of ether oxygens (including phenoxy) is 2. The number of pyridine rings is 1. The first-order valence-corrected chi connectivity index (χ1v) is 15.4. The number of rotatable bonds is 19. The molecule has 2 aromatic carbocycles. The molecule has 1 N–H and O–H groups in total. The van der Waals surface area contributed by atoms with Crippen LogP contribution < -0.4 is 20.3 Å². The Morgan fingerprint density at radius 3 is 2.08 bits per heavy atom. The Kier molecular flexibility index (Phi) is 13.6. The second kappa shape index (κ2) is 17.4. The van der Waals surface area contributed by atoms with Crippen LogP contribution in [0.1, 0.15) is 108 Å². The molecule has 1 amide bonds. The van der Waals surface area contributed by atoms with Gasteiger partial charge in [-0.1, -0.05) is 96.8 Å². The smallest absolute Gasteiger partial charge is 0.297 e. The van der Waals surface area contributed by atoms with Crippen molar-refractivity contribution >= 4 is 22.5 Å². The number of aryl methyl sites for hydroxylation is 1. The van der Waals surface area contributed by atoms with Gasteiger partial charge in [-0.15, -0.1) is 0 Å². The van der Waals surface area contributed by atoms with E-state index in [1.54, 1.807) is 12.1 Å². The minimum Gasteiger partial charge on any atom is -0.489 e. The van der Waals surface area contributed by atoms with E-state index in [2.05, 4.69) is 26.1 Å². The minimum absolute atomic E-state index is 0.159. The Bertz CT molecular complexity index is 1240. The molecular formula is C34H48N2O4. The maximum Gasteiger partial charge on any atom is 0.297 e. The van der Waals surface area contributed by atoms with Crippen molar-refractivity contribution in [2.75, 3.05) is 18.5 Å². The predicted molar refractivity (Wildman–Crippen MR) is 166 cm³/mol. The Hall–Kier alpha value is -3.28. The van der Waals surface area contributed by atoms with Crippen LogP contribution in [0.15, 0.2) is 53.3 Å². The Labute approximate surface area is 240 Å². The number of amides is 1. The molecule has 0 bridgehead atoms. The summed E-state index contributed by atoms with van der Waals surface area (Å²) in [6.45, 7) is 8.13. The summed E-state index contributed by atoms with van der Waals surface area (Å²) in [6, 6.07) is 14.8. The first-order valence-electron chi connectivity index (χ1n) is 15.4. The zero-order valence-electron chi connectivity index (χ0n) is 24.8. The van der Waals surface area contributed by atoms with Crippen molar-refractivity contribution < 1.29 is 14.3 Å². The molecule has 0 aliphatic heterocycles. The van der Waals surface area contributed by atoms with E-state index < -0.39 is 0 Å². The first kappa shape index (κ1) is 31.3. The highest BCUT2D eigenvalue weighted by molar-refractivity contribution is 6.05. The van der Waals surface area contributed by atoms with E-state index >= 15 is 0 Å². The zero-order valence-corrected chi connectivity index (χ0v) is 24.8. The lowest BCUT2D eigenvalue weighted by atomic mass is 10.1. The van der Waals surface area contributed by atoms with Gasteiger partial charge in [-0.25, -0.2) is 0 Å². The van der Waals surface area contributed by atoms with Crippen LogP contribution in [-0.4, -0.2) is 23.7 Å². The van der Waals surface area contributed by atoms with Gasteiger partial charge in [0.1, 0.15) is 0 Å². The van der Waals surface area contributed by atoms with E-state index in [0.717, 1.165) is 62.3 Å². The summed E-state index contributed by atoms with van der Waals surface area (Å²) in [6.07, 6.45) is 13.0. The van der Waals surface area contributed by atoms with Gasteiger partial charge in [0.2, 0.25) is 5.75 Å². The Balaban J connectivity index is 1.96. The molecule has 1 aromatic heterocycles. The van der Waals surface area contributed by atoms with Crippen molar-refractivity contribution in [3.05, 3.63) is 64.4 Å². The summed E-state index contributed by atoms with van der Waals surface area (Å²) >= 11 is 0.